The first-order valence-electron chi connectivity index (χ1n) is 5.71. The van der Waals surface area contributed by atoms with Crippen LogP contribution < -0.4 is 5.32 Å². The molecule has 2 amide bonds. The first-order valence-corrected chi connectivity index (χ1v) is 5.71. The zero-order valence-corrected chi connectivity index (χ0v) is 9.84. The van der Waals surface area contributed by atoms with Crippen LogP contribution in [0.5, 0.6) is 0 Å². The Morgan fingerprint density at radius 3 is 2.68 bits per heavy atom. The van der Waals surface area contributed by atoms with Gasteiger partial charge < -0.3 is 9.40 Å². The van der Waals surface area contributed by atoms with E-state index in [9.17, 15) is 9.59 Å². The maximum Gasteiger partial charge on any atom is 0.293 e. The molecule has 1 aromatic carbocycles. The number of carbonyl (C=O) groups excluding carboxylic acids is 2. The summed E-state index contributed by atoms with van der Waals surface area (Å²) in [7, 11) is 0. The zero-order chi connectivity index (χ0) is 13.2. The maximum absolute atomic E-state index is 12.0. The van der Waals surface area contributed by atoms with Gasteiger partial charge in [-0.05, 0) is 18.2 Å². The highest BCUT2D eigenvalue weighted by Gasteiger charge is 2.16. The van der Waals surface area contributed by atoms with Crippen LogP contribution in [0.3, 0.4) is 0 Å². The normalized spacial score (nSPS) is 10.5. The molecule has 0 bridgehead atoms. The zero-order valence-electron chi connectivity index (χ0n) is 9.84. The summed E-state index contributed by atoms with van der Waals surface area (Å²) < 4.78 is 4.93. The van der Waals surface area contributed by atoms with Gasteiger partial charge in [-0.15, -0.1) is 0 Å². The summed E-state index contributed by atoms with van der Waals surface area (Å²) in [5.41, 5.74) is 1.27. The van der Waals surface area contributed by atoms with E-state index in [-0.39, 0.29) is 5.76 Å². The molecule has 3 rings (SSSR count). The van der Waals surface area contributed by atoms with Crippen molar-refractivity contribution >= 4 is 22.7 Å². The van der Waals surface area contributed by atoms with Crippen LogP contribution >= 0.6 is 0 Å². The van der Waals surface area contributed by atoms with Crippen molar-refractivity contribution < 1.29 is 14.0 Å². The number of para-hydroxylation sites is 1. The molecule has 0 saturated carbocycles. The number of hydrogen-bond acceptors (Lipinski definition) is 3. The van der Waals surface area contributed by atoms with Crippen LogP contribution in [-0.2, 0) is 0 Å². The highest BCUT2D eigenvalue weighted by Crippen LogP contribution is 2.17. The fourth-order valence-electron chi connectivity index (χ4n) is 1.90. The minimum atomic E-state index is -0.555. The Kier molecular flexibility index (Phi) is 2.64. The molecule has 0 aliphatic carbocycles. The summed E-state index contributed by atoms with van der Waals surface area (Å²) in [5, 5.41) is 3.06. The first-order chi connectivity index (χ1) is 9.25. The van der Waals surface area contributed by atoms with Crippen molar-refractivity contribution in [1.82, 2.24) is 10.3 Å². The van der Waals surface area contributed by atoms with Crippen molar-refractivity contribution in [3.8, 4) is 0 Å². The second-order valence-electron chi connectivity index (χ2n) is 4.01. The van der Waals surface area contributed by atoms with Gasteiger partial charge in [0.2, 0.25) is 0 Å². The molecule has 5 nitrogen and oxygen atoms in total. The van der Waals surface area contributed by atoms with E-state index in [0.29, 0.717) is 5.56 Å². The monoisotopic (exact) mass is 254 g/mol. The van der Waals surface area contributed by atoms with Gasteiger partial charge in [0.05, 0.1) is 11.8 Å². The summed E-state index contributed by atoms with van der Waals surface area (Å²) in [6.07, 6.45) is 2.96. The summed E-state index contributed by atoms with van der Waals surface area (Å²) in [6, 6.07) is 10.5. The second kappa shape index (κ2) is 4.45. The van der Waals surface area contributed by atoms with Gasteiger partial charge in [0.15, 0.2) is 5.76 Å². The largest absolute Gasteiger partial charge is 0.459 e. The quantitative estimate of drug-likeness (QED) is 0.689. The number of nitrogens with one attached hydrogen (secondary N) is 2. The minimum absolute atomic E-state index is 0.105. The van der Waals surface area contributed by atoms with Crippen molar-refractivity contribution in [3.05, 3.63) is 60.2 Å². The molecule has 2 heterocycles. The van der Waals surface area contributed by atoms with E-state index >= 15 is 0 Å². The fraction of sp³-hybridized carbons (Fsp3) is 0. The number of fused-ring (bicyclic) bond motifs is 1. The summed E-state index contributed by atoms with van der Waals surface area (Å²) >= 11 is 0. The Labute approximate surface area is 108 Å². The van der Waals surface area contributed by atoms with Crippen molar-refractivity contribution in [2.75, 3.05) is 0 Å². The molecule has 0 radical (unpaired) electrons. The lowest BCUT2D eigenvalue weighted by Crippen LogP contribution is -2.29. The van der Waals surface area contributed by atoms with Crippen LogP contribution in [0, 0.1) is 0 Å². The van der Waals surface area contributed by atoms with E-state index in [2.05, 4.69) is 10.3 Å². The molecule has 0 unspecified atom stereocenters. The number of H-pyrrole nitrogens is 1. The second-order valence-corrected chi connectivity index (χ2v) is 4.01. The third-order valence-electron chi connectivity index (χ3n) is 2.81. The number of carbonyl (C=O) groups is 2. The van der Waals surface area contributed by atoms with Gasteiger partial charge in [-0.1, -0.05) is 18.2 Å². The van der Waals surface area contributed by atoms with Gasteiger partial charge in [0.1, 0.15) is 0 Å². The number of hydrogen-bond donors (Lipinski definition) is 2. The molecule has 19 heavy (non-hydrogen) atoms. The summed E-state index contributed by atoms with van der Waals surface area (Å²) in [5.74, 6) is -0.910. The average molecular weight is 254 g/mol. The number of amides is 2. The van der Waals surface area contributed by atoms with Crippen molar-refractivity contribution in [2.45, 2.75) is 0 Å². The Hall–Kier alpha value is -2.82. The smallest absolute Gasteiger partial charge is 0.293 e. The minimum Gasteiger partial charge on any atom is -0.459 e. The molecule has 0 aliphatic rings. The standard InChI is InChI=1S/C14H10N2O3/c17-13(16-14(18)12-6-3-7-19-12)10-8-15-11-5-2-1-4-9(10)11/h1-8,15H,(H,16,17,18). The number of imide groups is 1. The fourth-order valence-corrected chi connectivity index (χ4v) is 1.90. The van der Waals surface area contributed by atoms with Crippen LogP contribution in [0.25, 0.3) is 10.9 Å². The SMILES string of the molecule is O=C(NC(=O)c1c[nH]c2ccccc12)c1ccco1. The molecule has 0 aliphatic heterocycles. The van der Waals surface area contributed by atoms with Crippen LogP contribution in [-0.4, -0.2) is 16.8 Å². The molecule has 0 atom stereocenters. The molecule has 0 spiro atoms. The van der Waals surface area contributed by atoms with Crippen molar-refractivity contribution in [2.24, 2.45) is 0 Å². The van der Waals surface area contributed by atoms with Crippen molar-refractivity contribution in [3.63, 3.8) is 0 Å². The third-order valence-corrected chi connectivity index (χ3v) is 2.81. The van der Waals surface area contributed by atoms with Gasteiger partial charge in [0.25, 0.3) is 11.8 Å². The molecule has 5 heteroatoms. The van der Waals surface area contributed by atoms with E-state index in [0.717, 1.165) is 10.9 Å². The first kappa shape index (κ1) is 11.3. The van der Waals surface area contributed by atoms with Crippen LogP contribution in [0.1, 0.15) is 20.9 Å². The predicted octanol–water partition coefficient (Wildman–Crippen LogP) is 2.33. The van der Waals surface area contributed by atoms with Gasteiger partial charge >= 0.3 is 0 Å². The number of aromatic nitrogens is 1. The predicted molar refractivity (Wildman–Crippen MR) is 68.8 cm³/mol. The molecule has 2 N–H and O–H groups in total. The van der Waals surface area contributed by atoms with E-state index in [1.165, 1.54) is 12.3 Å². The van der Waals surface area contributed by atoms with Crippen LogP contribution in [0.4, 0.5) is 0 Å². The average Bonchev–Trinajstić information content (AvgIpc) is 3.08. The summed E-state index contributed by atoms with van der Waals surface area (Å²) in [6.45, 7) is 0. The molecule has 94 valence electrons. The topological polar surface area (TPSA) is 75.1 Å². The lowest BCUT2D eigenvalue weighted by atomic mass is 10.1. The molecule has 0 fully saturated rings. The van der Waals surface area contributed by atoms with Crippen LogP contribution in [0.2, 0.25) is 0 Å². The van der Waals surface area contributed by atoms with Gasteiger partial charge in [-0.25, -0.2) is 0 Å². The Bertz CT molecular complexity index is 741. The lowest BCUT2D eigenvalue weighted by molar-refractivity contribution is 0.0833. The summed E-state index contributed by atoms with van der Waals surface area (Å²) in [4.78, 5) is 26.7. The molecule has 0 saturated heterocycles. The Morgan fingerprint density at radius 2 is 1.89 bits per heavy atom. The highest BCUT2D eigenvalue weighted by molar-refractivity contribution is 6.14. The molecule has 3 aromatic rings. The Balaban J connectivity index is 1.86. The van der Waals surface area contributed by atoms with Gasteiger partial charge in [-0.2, -0.15) is 0 Å². The van der Waals surface area contributed by atoms with E-state index < -0.39 is 11.8 Å². The van der Waals surface area contributed by atoms with Gasteiger partial charge in [0, 0.05) is 17.1 Å². The number of benzene rings is 1. The highest BCUT2D eigenvalue weighted by atomic mass is 16.3. The lowest BCUT2D eigenvalue weighted by Gasteiger charge is -2.00. The molecule has 2 aromatic heterocycles. The number of rotatable bonds is 2. The maximum atomic E-state index is 12.0. The van der Waals surface area contributed by atoms with Crippen molar-refractivity contribution in [1.29, 1.82) is 0 Å². The number of furan rings is 1. The van der Waals surface area contributed by atoms with E-state index in [1.54, 1.807) is 12.3 Å². The molecular weight excluding hydrogens is 244 g/mol. The third kappa shape index (κ3) is 2.01. The van der Waals surface area contributed by atoms with Gasteiger partial charge in [-0.3, -0.25) is 14.9 Å². The van der Waals surface area contributed by atoms with Crippen LogP contribution in [0.15, 0.2) is 53.3 Å². The Morgan fingerprint density at radius 1 is 1.05 bits per heavy atom. The molecular formula is C14H10N2O3. The number of aromatic amines is 1. The van der Waals surface area contributed by atoms with E-state index in [4.69, 9.17) is 4.42 Å². The van der Waals surface area contributed by atoms with E-state index in [1.807, 2.05) is 24.3 Å².